The second kappa shape index (κ2) is 6.00. The van der Waals surface area contributed by atoms with Gasteiger partial charge < -0.3 is 15.2 Å². The number of nitrogens with zero attached hydrogens (tertiary/aromatic N) is 2. The molecule has 2 N–H and O–H groups in total. The number of methoxy groups -OCH3 is 1. The monoisotopic (exact) mass is 255 g/mol. The molecule has 1 aromatic heterocycles. The maximum Gasteiger partial charge on any atom is 0.180 e. The van der Waals surface area contributed by atoms with Crippen molar-refractivity contribution < 1.29 is 9.47 Å². The molecule has 92 valence electrons. The molecule has 0 radical (unpaired) electrons. The van der Waals surface area contributed by atoms with Crippen LogP contribution in [0, 0.1) is 0 Å². The first-order chi connectivity index (χ1) is 7.78. The minimum Gasteiger partial charge on any atom is -0.497 e. The smallest absolute Gasteiger partial charge is 0.180 e. The number of rotatable bonds is 4. The zero-order valence-electron chi connectivity index (χ0n) is 9.37. The summed E-state index contributed by atoms with van der Waals surface area (Å²) in [7, 11) is 1.63. The molecule has 1 aromatic carbocycles. The van der Waals surface area contributed by atoms with Gasteiger partial charge in [-0.25, -0.2) is 4.68 Å². The molecule has 0 aliphatic rings. The van der Waals surface area contributed by atoms with E-state index in [1.165, 1.54) is 0 Å². The van der Waals surface area contributed by atoms with E-state index in [2.05, 4.69) is 5.10 Å². The summed E-state index contributed by atoms with van der Waals surface area (Å²) in [5, 5.41) is 4.01. The SMILES string of the molecule is COc1ccc(OCn2cc(N)cn2)cc1.Cl. The van der Waals surface area contributed by atoms with E-state index in [1.807, 2.05) is 24.3 Å². The highest BCUT2D eigenvalue weighted by molar-refractivity contribution is 5.85. The number of benzene rings is 1. The minimum atomic E-state index is 0. The van der Waals surface area contributed by atoms with Crippen LogP contribution in [-0.4, -0.2) is 16.9 Å². The Bertz CT molecular complexity index is 456. The number of hydrogen-bond acceptors (Lipinski definition) is 4. The summed E-state index contributed by atoms with van der Waals surface area (Å²) in [6.07, 6.45) is 3.29. The summed E-state index contributed by atoms with van der Waals surface area (Å²) in [4.78, 5) is 0. The van der Waals surface area contributed by atoms with Gasteiger partial charge in [0.15, 0.2) is 6.73 Å². The first-order valence-corrected chi connectivity index (χ1v) is 4.83. The number of halogens is 1. The molecule has 0 fully saturated rings. The molecule has 0 spiro atoms. The van der Waals surface area contributed by atoms with Gasteiger partial charge in [-0.3, -0.25) is 0 Å². The highest BCUT2D eigenvalue weighted by Gasteiger charge is 1.97. The fourth-order valence-electron chi connectivity index (χ4n) is 1.26. The molecule has 0 saturated carbocycles. The van der Waals surface area contributed by atoms with Crippen LogP contribution in [0.4, 0.5) is 5.69 Å². The summed E-state index contributed by atoms with van der Waals surface area (Å²) in [6, 6.07) is 7.36. The van der Waals surface area contributed by atoms with Crippen molar-refractivity contribution in [3.8, 4) is 11.5 Å². The van der Waals surface area contributed by atoms with Gasteiger partial charge in [-0.15, -0.1) is 12.4 Å². The molecule has 2 rings (SSSR count). The molecule has 2 aromatic rings. The van der Waals surface area contributed by atoms with Crippen LogP contribution in [-0.2, 0) is 6.73 Å². The fraction of sp³-hybridized carbons (Fsp3) is 0.182. The molecule has 0 aliphatic heterocycles. The lowest BCUT2D eigenvalue weighted by Gasteiger charge is -2.06. The third-order valence-electron chi connectivity index (χ3n) is 2.08. The van der Waals surface area contributed by atoms with E-state index in [0.717, 1.165) is 11.5 Å². The van der Waals surface area contributed by atoms with Crippen molar-refractivity contribution in [1.29, 1.82) is 0 Å². The Balaban J connectivity index is 0.00000144. The average molecular weight is 256 g/mol. The Kier molecular flexibility index (Phi) is 4.66. The van der Waals surface area contributed by atoms with Crippen molar-refractivity contribution in [3.05, 3.63) is 36.7 Å². The highest BCUT2D eigenvalue weighted by Crippen LogP contribution is 2.17. The Morgan fingerprint density at radius 2 is 1.88 bits per heavy atom. The molecule has 0 aliphatic carbocycles. The average Bonchev–Trinajstić information content (AvgIpc) is 2.73. The standard InChI is InChI=1S/C11H13N3O2.ClH/c1-15-10-2-4-11(5-3-10)16-8-14-7-9(12)6-13-14;/h2-7H,8,12H2,1H3;1H. The molecule has 17 heavy (non-hydrogen) atoms. The molecule has 0 unspecified atom stereocenters. The number of nitrogen functional groups attached to an aromatic ring is 1. The molecule has 0 atom stereocenters. The van der Waals surface area contributed by atoms with Gasteiger partial charge in [0.1, 0.15) is 11.5 Å². The van der Waals surface area contributed by atoms with E-state index in [4.69, 9.17) is 15.2 Å². The number of nitrogens with two attached hydrogens (primary N) is 1. The maximum absolute atomic E-state index is 5.53. The van der Waals surface area contributed by atoms with Gasteiger partial charge in [-0.05, 0) is 24.3 Å². The van der Waals surface area contributed by atoms with Crippen LogP contribution >= 0.6 is 12.4 Å². The van der Waals surface area contributed by atoms with E-state index in [-0.39, 0.29) is 12.4 Å². The Morgan fingerprint density at radius 3 is 2.41 bits per heavy atom. The molecule has 5 nitrogen and oxygen atoms in total. The predicted octanol–water partition coefficient (Wildman–Crippen LogP) is 1.93. The number of anilines is 1. The highest BCUT2D eigenvalue weighted by atomic mass is 35.5. The maximum atomic E-state index is 5.53. The molecule has 0 saturated heterocycles. The zero-order chi connectivity index (χ0) is 11.4. The van der Waals surface area contributed by atoms with Gasteiger partial charge in [0.05, 0.1) is 25.2 Å². The number of hydrogen-bond donors (Lipinski definition) is 1. The van der Waals surface area contributed by atoms with Gasteiger partial charge >= 0.3 is 0 Å². The molecular weight excluding hydrogens is 242 g/mol. The summed E-state index contributed by atoms with van der Waals surface area (Å²) in [6.45, 7) is 0.337. The quantitative estimate of drug-likeness (QED) is 0.907. The van der Waals surface area contributed by atoms with Crippen LogP contribution in [0.2, 0.25) is 0 Å². The first-order valence-electron chi connectivity index (χ1n) is 4.83. The van der Waals surface area contributed by atoms with Crippen molar-refractivity contribution in [2.75, 3.05) is 12.8 Å². The number of ether oxygens (including phenoxy) is 2. The third kappa shape index (κ3) is 3.57. The normalized spacial score (nSPS) is 9.47. The molecule has 6 heteroatoms. The lowest BCUT2D eigenvalue weighted by atomic mass is 10.3. The van der Waals surface area contributed by atoms with Crippen LogP contribution in [0.25, 0.3) is 0 Å². The summed E-state index contributed by atoms with van der Waals surface area (Å²) < 4.78 is 12.2. The van der Waals surface area contributed by atoms with Crippen LogP contribution in [0.5, 0.6) is 11.5 Å². The number of aromatic nitrogens is 2. The van der Waals surface area contributed by atoms with Crippen LogP contribution in [0.1, 0.15) is 0 Å². The molecular formula is C11H14ClN3O2. The third-order valence-corrected chi connectivity index (χ3v) is 2.08. The zero-order valence-corrected chi connectivity index (χ0v) is 10.2. The van der Waals surface area contributed by atoms with Crippen molar-refractivity contribution in [2.24, 2.45) is 0 Å². The minimum absolute atomic E-state index is 0. The lowest BCUT2D eigenvalue weighted by Crippen LogP contribution is -2.05. The summed E-state index contributed by atoms with van der Waals surface area (Å²) in [5.41, 5.74) is 6.15. The van der Waals surface area contributed by atoms with E-state index in [9.17, 15) is 0 Å². The predicted molar refractivity (Wildman–Crippen MR) is 67.5 cm³/mol. The van der Waals surface area contributed by atoms with Crippen molar-refractivity contribution in [1.82, 2.24) is 9.78 Å². The first kappa shape index (κ1) is 13.2. The summed E-state index contributed by atoms with van der Waals surface area (Å²) >= 11 is 0. The second-order valence-electron chi connectivity index (χ2n) is 3.26. The molecule has 0 amide bonds. The fourth-order valence-corrected chi connectivity index (χ4v) is 1.26. The van der Waals surface area contributed by atoms with E-state index in [0.29, 0.717) is 12.4 Å². The van der Waals surface area contributed by atoms with Crippen molar-refractivity contribution in [2.45, 2.75) is 6.73 Å². The molecule has 0 bridgehead atoms. The van der Waals surface area contributed by atoms with E-state index < -0.39 is 0 Å². The van der Waals surface area contributed by atoms with Crippen molar-refractivity contribution >= 4 is 18.1 Å². The van der Waals surface area contributed by atoms with Gasteiger partial charge in [-0.2, -0.15) is 5.10 Å². The van der Waals surface area contributed by atoms with Gasteiger partial charge in [0.25, 0.3) is 0 Å². The van der Waals surface area contributed by atoms with E-state index >= 15 is 0 Å². The molecule has 1 heterocycles. The second-order valence-corrected chi connectivity index (χ2v) is 3.26. The summed E-state index contributed by atoms with van der Waals surface area (Å²) in [5.74, 6) is 1.56. The topological polar surface area (TPSA) is 62.3 Å². The largest absolute Gasteiger partial charge is 0.497 e. The van der Waals surface area contributed by atoms with Crippen molar-refractivity contribution in [3.63, 3.8) is 0 Å². The Labute approximate surface area is 106 Å². The van der Waals surface area contributed by atoms with Crippen LogP contribution in [0.15, 0.2) is 36.7 Å². The Hall–Kier alpha value is -1.88. The van der Waals surface area contributed by atoms with Gasteiger partial charge in [-0.1, -0.05) is 0 Å². The lowest BCUT2D eigenvalue weighted by molar-refractivity contribution is 0.221. The van der Waals surface area contributed by atoms with Gasteiger partial charge in [0, 0.05) is 0 Å². The van der Waals surface area contributed by atoms with Gasteiger partial charge in [0.2, 0.25) is 0 Å². The van der Waals surface area contributed by atoms with E-state index in [1.54, 1.807) is 24.2 Å². The van der Waals surface area contributed by atoms with Crippen LogP contribution < -0.4 is 15.2 Å². The van der Waals surface area contributed by atoms with Crippen LogP contribution in [0.3, 0.4) is 0 Å². The Morgan fingerprint density at radius 1 is 1.24 bits per heavy atom.